The summed E-state index contributed by atoms with van der Waals surface area (Å²) in [5, 5.41) is 3.34. The van der Waals surface area contributed by atoms with Crippen LogP contribution >= 0.6 is 15.9 Å². The molecular weight excluding hydrogens is 206 g/mol. The lowest BCUT2D eigenvalue weighted by atomic mass is 10.3. The highest BCUT2D eigenvalue weighted by Gasteiger charge is 2.14. The van der Waals surface area contributed by atoms with E-state index in [0.29, 0.717) is 0 Å². The van der Waals surface area contributed by atoms with E-state index in [1.165, 1.54) is 0 Å². The summed E-state index contributed by atoms with van der Waals surface area (Å²) in [6.45, 7) is 0.816. The molecule has 0 amide bonds. The average molecular weight is 214 g/mol. The minimum Gasteiger partial charge on any atom is -0.475 e. The van der Waals surface area contributed by atoms with Gasteiger partial charge in [-0.1, -0.05) is 12.1 Å². The highest BCUT2D eigenvalue weighted by Crippen LogP contribution is 2.29. The predicted molar refractivity (Wildman–Crippen MR) is 48.3 cm³/mol. The first-order valence-electron chi connectivity index (χ1n) is 3.50. The summed E-state index contributed by atoms with van der Waals surface area (Å²) < 4.78 is 5.49. The molecule has 2 nitrogen and oxygen atoms in total. The Morgan fingerprint density at radius 2 is 2.27 bits per heavy atom. The molecule has 1 aliphatic heterocycles. The first-order chi connectivity index (χ1) is 5.36. The predicted octanol–water partition coefficient (Wildman–Crippen LogP) is 2.21. The third-order valence-electron chi connectivity index (χ3n) is 1.59. The molecule has 2 rings (SSSR count). The van der Waals surface area contributed by atoms with Crippen LogP contribution in [0.4, 0.5) is 5.69 Å². The fraction of sp³-hybridized carbons (Fsp3) is 0.250. The Morgan fingerprint density at radius 1 is 1.45 bits per heavy atom. The number of anilines is 1. The van der Waals surface area contributed by atoms with Crippen LogP contribution in [0.1, 0.15) is 0 Å². The van der Waals surface area contributed by atoms with Crippen molar-refractivity contribution in [1.82, 2.24) is 0 Å². The largest absolute Gasteiger partial charge is 0.475 e. The Bertz CT molecular complexity index is 264. The summed E-state index contributed by atoms with van der Waals surface area (Å²) in [5.74, 6) is 0.917. The van der Waals surface area contributed by atoms with Crippen LogP contribution in [0.3, 0.4) is 0 Å². The number of rotatable bonds is 0. The van der Waals surface area contributed by atoms with Gasteiger partial charge in [-0.05, 0) is 28.1 Å². The molecule has 1 N–H and O–H groups in total. The fourth-order valence-electron chi connectivity index (χ4n) is 1.09. The van der Waals surface area contributed by atoms with E-state index in [1.54, 1.807) is 0 Å². The lowest BCUT2D eigenvalue weighted by molar-refractivity contribution is 0.297. The van der Waals surface area contributed by atoms with Crippen LogP contribution in [0, 0.1) is 0 Å². The van der Waals surface area contributed by atoms with Crippen LogP contribution in [0.15, 0.2) is 24.3 Å². The number of nitrogens with one attached hydrogen (secondary N) is 1. The molecule has 1 aromatic carbocycles. The van der Waals surface area contributed by atoms with Crippen LogP contribution < -0.4 is 10.1 Å². The summed E-state index contributed by atoms with van der Waals surface area (Å²) >= 11 is 3.37. The molecule has 0 bridgehead atoms. The van der Waals surface area contributed by atoms with E-state index in [0.717, 1.165) is 18.0 Å². The lowest BCUT2D eigenvalue weighted by Crippen LogP contribution is -2.24. The molecule has 1 atom stereocenters. The number of hydrogen-bond donors (Lipinski definition) is 1. The maximum absolute atomic E-state index is 5.49. The third kappa shape index (κ3) is 1.33. The Kier molecular flexibility index (Phi) is 1.74. The number of hydrogen-bond acceptors (Lipinski definition) is 2. The number of alkyl halides is 1. The molecule has 11 heavy (non-hydrogen) atoms. The molecule has 0 spiro atoms. The molecule has 1 aliphatic rings. The minimum absolute atomic E-state index is 0.0948. The quantitative estimate of drug-likeness (QED) is 0.668. The molecular formula is C8H8BrNO. The molecule has 58 valence electrons. The van der Waals surface area contributed by atoms with Gasteiger partial charge in [-0.2, -0.15) is 0 Å². The molecule has 0 fully saturated rings. The maximum Gasteiger partial charge on any atom is 0.170 e. The van der Waals surface area contributed by atoms with Gasteiger partial charge in [0.15, 0.2) is 5.01 Å². The van der Waals surface area contributed by atoms with E-state index in [1.807, 2.05) is 24.3 Å². The van der Waals surface area contributed by atoms with Gasteiger partial charge in [-0.25, -0.2) is 0 Å². The van der Waals surface area contributed by atoms with E-state index in [2.05, 4.69) is 21.2 Å². The Morgan fingerprint density at radius 3 is 3.18 bits per heavy atom. The summed E-state index contributed by atoms with van der Waals surface area (Å²) in [4.78, 5) is 0. The minimum atomic E-state index is 0.0948. The van der Waals surface area contributed by atoms with Gasteiger partial charge in [0.1, 0.15) is 5.75 Å². The zero-order valence-corrected chi connectivity index (χ0v) is 7.47. The van der Waals surface area contributed by atoms with E-state index in [-0.39, 0.29) is 5.01 Å². The molecule has 1 aromatic rings. The van der Waals surface area contributed by atoms with Crippen molar-refractivity contribution in [2.45, 2.75) is 5.01 Å². The molecule has 0 aromatic heterocycles. The molecule has 0 radical (unpaired) electrons. The molecule has 1 unspecified atom stereocenters. The average Bonchev–Trinajstić information content (AvgIpc) is 2.04. The molecule has 3 heteroatoms. The van der Waals surface area contributed by atoms with E-state index in [4.69, 9.17) is 4.74 Å². The molecule has 1 heterocycles. The Labute approximate surface area is 73.7 Å². The molecule has 0 aliphatic carbocycles. The van der Waals surface area contributed by atoms with Gasteiger partial charge in [-0.15, -0.1) is 0 Å². The second-order valence-corrected chi connectivity index (χ2v) is 3.43. The van der Waals surface area contributed by atoms with Crippen molar-refractivity contribution in [3.05, 3.63) is 24.3 Å². The summed E-state index contributed by atoms with van der Waals surface area (Å²) in [5.41, 5.74) is 1.07. The van der Waals surface area contributed by atoms with Gasteiger partial charge in [-0.3, -0.25) is 0 Å². The summed E-state index contributed by atoms with van der Waals surface area (Å²) in [6, 6.07) is 7.92. The van der Waals surface area contributed by atoms with Crippen molar-refractivity contribution >= 4 is 21.6 Å². The number of halogens is 1. The SMILES string of the molecule is BrC1CNc2ccccc2O1. The molecule has 0 saturated carbocycles. The summed E-state index contributed by atoms with van der Waals surface area (Å²) in [7, 11) is 0. The molecule has 0 saturated heterocycles. The monoisotopic (exact) mass is 213 g/mol. The van der Waals surface area contributed by atoms with Gasteiger partial charge in [0.05, 0.1) is 12.2 Å². The first-order valence-corrected chi connectivity index (χ1v) is 4.41. The van der Waals surface area contributed by atoms with E-state index in [9.17, 15) is 0 Å². The van der Waals surface area contributed by atoms with Crippen LogP contribution in [0.5, 0.6) is 5.75 Å². The van der Waals surface area contributed by atoms with Crippen molar-refractivity contribution in [1.29, 1.82) is 0 Å². The number of ether oxygens (including phenoxy) is 1. The number of benzene rings is 1. The van der Waals surface area contributed by atoms with Crippen LogP contribution in [-0.4, -0.2) is 11.6 Å². The summed E-state index contributed by atoms with van der Waals surface area (Å²) in [6.07, 6.45) is 0. The highest BCUT2D eigenvalue weighted by atomic mass is 79.9. The smallest absolute Gasteiger partial charge is 0.170 e. The number of para-hydroxylation sites is 2. The second-order valence-electron chi connectivity index (χ2n) is 2.40. The third-order valence-corrected chi connectivity index (χ3v) is 2.11. The zero-order valence-electron chi connectivity index (χ0n) is 5.88. The highest BCUT2D eigenvalue weighted by molar-refractivity contribution is 9.09. The van der Waals surface area contributed by atoms with Gasteiger partial charge in [0.2, 0.25) is 0 Å². The topological polar surface area (TPSA) is 21.3 Å². The van der Waals surface area contributed by atoms with Gasteiger partial charge >= 0.3 is 0 Å². The first kappa shape index (κ1) is 6.98. The van der Waals surface area contributed by atoms with Gasteiger partial charge < -0.3 is 10.1 Å². The second kappa shape index (κ2) is 2.74. The van der Waals surface area contributed by atoms with Crippen molar-refractivity contribution in [3.8, 4) is 5.75 Å². The van der Waals surface area contributed by atoms with Crippen molar-refractivity contribution in [2.24, 2.45) is 0 Å². The lowest BCUT2D eigenvalue weighted by Gasteiger charge is -2.22. The standard InChI is InChI=1S/C8H8BrNO/c9-8-5-10-6-3-1-2-4-7(6)11-8/h1-4,8,10H,5H2. The van der Waals surface area contributed by atoms with Crippen LogP contribution in [-0.2, 0) is 0 Å². The van der Waals surface area contributed by atoms with Crippen molar-refractivity contribution in [3.63, 3.8) is 0 Å². The van der Waals surface area contributed by atoms with E-state index >= 15 is 0 Å². The Balaban J connectivity index is 2.34. The zero-order chi connectivity index (χ0) is 7.68. The van der Waals surface area contributed by atoms with Crippen LogP contribution in [0.2, 0.25) is 0 Å². The van der Waals surface area contributed by atoms with E-state index < -0.39 is 0 Å². The van der Waals surface area contributed by atoms with Gasteiger partial charge in [0.25, 0.3) is 0 Å². The van der Waals surface area contributed by atoms with Crippen molar-refractivity contribution < 1.29 is 4.74 Å². The van der Waals surface area contributed by atoms with Crippen molar-refractivity contribution in [2.75, 3.05) is 11.9 Å². The van der Waals surface area contributed by atoms with Crippen LogP contribution in [0.25, 0.3) is 0 Å². The fourth-order valence-corrected chi connectivity index (χ4v) is 1.45. The van der Waals surface area contributed by atoms with Gasteiger partial charge in [0, 0.05) is 0 Å². The Hall–Kier alpha value is -0.700. The number of fused-ring (bicyclic) bond motifs is 1. The maximum atomic E-state index is 5.49. The normalized spacial score (nSPS) is 21.4.